The number of aryl methyl sites for hydroxylation is 4. The Labute approximate surface area is 152 Å². The van der Waals surface area contributed by atoms with E-state index in [4.69, 9.17) is 0 Å². The molecule has 0 saturated carbocycles. The fraction of sp³-hybridized carbons (Fsp3) is 0.350. The first-order valence-electron chi connectivity index (χ1n) is 8.98. The standard InChI is InChI=1S/C20H23N5O/c1-11-4-6-14(7-5-11)18-12(2)24-25-19(18)23-20(26)15-8-9-16-17(10-15)22-13(3)21-16/h4-7,15H,8-10H2,1-3H3,(H,21,22)(H2,23,24,25,26). The highest BCUT2D eigenvalue weighted by Gasteiger charge is 2.28. The minimum atomic E-state index is -0.0646. The quantitative estimate of drug-likeness (QED) is 0.677. The third kappa shape index (κ3) is 3.03. The van der Waals surface area contributed by atoms with Crippen molar-refractivity contribution in [3.05, 3.63) is 52.7 Å². The summed E-state index contributed by atoms with van der Waals surface area (Å²) in [5.41, 5.74) is 6.33. The Morgan fingerprint density at radius 2 is 1.96 bits per heavy atom. The number of benzene rings is 1. The number of aromatic nitrogens is 4. The molecule has 0 fully saturated rings. The van der Waals surface area contributed by atoms with Crippen molar-refractivity contribution in [2.45, 2.75) is 40.0 Å². The van der Waals surface area contributed by atoms with Gasteiger partial charge in [-0.1, -0.05) is 29.8 Å². The average Bonchev–Trinajstić information content (AvgIpc) is 3.16. The van der Waals surface area contributed by atoms with Crippen LogP contribution in [0.2, 0.25) is 0 Å². The Balaban J connectivity index is 1.55. The highest BCUT2D eigenvalue weighted by molar-refractivity contribution is 5.96. The van der Waals surface area contributed by atoms with E-state index in [0.717, 1.165) is 46.9 Å². The highest BCUT2D eigenvalue weighted by Crippen LogP contribution is 2.31. The van der Waals surface area contributed by atoms with E-state index < -0.39 is 0 Å². The molecule has 1 atom stereocenters. The van der Waals surface area contributed by atoms with Crippen molar-refractivity contribution in [3.63, 3.8) is 0 Å². The number of H-pyrrole nitrogens is 2. The van der Waals surface area contributed by atoms with Crippen LogP contribution in [0, 0.1) is 26.7 Å². The number of fused-ring (bicyclic) bond motifs is 1. The fourth-order valence-corrected chi connectivity index (χ4v) is 3.66. The van der Waals surface area contributed by atoms with Crippen molar-refractivity contribution < 1.29 is 4.79 Å². The summed E-state index contributed by atoms with van der Waals surface area (Å²) in [7, 11) is 0. The summed E-state index contributed by atoms with van der Waals surface area (Å²) in [4.78, 5) is 20.6. The van der Waals surface area contributed by atoms with Crippen LogP contribution < -0.4 is 5.32 Å². The molecule has 26 heavy (non-hydrogen) atoms. The van der Waals surface area contributed by atoms with Crippen molar-refractivity contribution in [1.82, 2.24) is 20.2 Å². The van der Waals surface area contributed by atoms with Gasteiger partial charge in [-0.05, 0) is 39.2 Å². The van der Waals surface area contributed by atoms with Gasteiger partial charge in [0, 0.05) is 29.3 Å². The summed E-state index contributed by atoms with van der Waals surface area (Å²) < 4.78 is 0. The van der Waals surface area contributed by atoms with Crippen molar-refractivity contribution in [2.75, 3.05) is 5.32 Å². The number of nitrogens with one attached hydrogen (secondary N) is 3. The molecule has 134 valence electrons. The largest absolute Gasteiger partial charge is 0.346 e. The van der Waals surface area contributed by atoms with Gasteiger partial charge in [-0.2, -0.15) is 5.10 Å². The molecular weight excluding hydrogens is 326 g/mol. The second-order valence-electron chi connectivity index (χ2n) is 7.11. The topological polar surface area (TPSA) is 86.5 Å². The molecule has 1 aliphatic rings. The molecule has 0 spiro atoms. The second kappa shape index (κ2) is 6.44. The van der Waals surface area contributed by atoms with Crippen LogP contribution in [-0.4, -0.2) is 26.1 Å². The third-order valence-electron chi connectivity index (χ3n) is 5.06. The van der Waals surface area contributed by atoms with E-state index in [1.54, 1.807) is 0 Å². The molecule has 1 unspecified atom stereocenters. The summed E-state index contributed by atoms with van der Waals surface area (Å²) in [6.07, 6.45) is 2.35. The lowest BCUT2D eigenvalue weighted by Crippen LogP contribution is -2.28. The van der Waals surface area contributed by atoms with Crippen LogP contribution >= 0.6 is 0 Å². The summed E-state index contributed by atoms with van der Waals surface area (Å²) in [5, 5.41) is 10.4. The predicted molar refractivity (Wildman–Crippen MR) is 101 cm³/mol. The maximum absolute atomic E-state index is 12.8. The molecule has 1 amide bonds. The van der Waals surface area contributed by atoms with Gasteiger partial charge in [0.25, 0.3) is 0 Å². The Morgan fingerprint density at radius 1 is 1.19 bits per heavy atom. The van der Waals surface area contributed by atoms with Crippen LogP contribution in [0.1, 0.15) is 34.9 Å². The zero-order valence-corrected chi connectivity index (χ0v) is 15.3. The van der Waals surface area contributed by atoms with Crippen molar-refractivity contribution in [2.24, 2.45) is 5.92 Å². The monoisotopic (exact) mass is 349 g/mol. The zero-order chi connectivity index (χ0) is 18.3. The number of carbonyl (C=O) groups excluding carboxylic acids is 1. The van der Waals surface area contributed by atoms with Gasteiger partial charge in [-0.25, -0.2) is 4.98 Å². The molecule has 6 nitrogen and oxygen atoms in total. The number of carbonyl (C=O) groups is 1. The van der Waals surface area contributed by atoms with Gasteiger partial charge in [0.05, 0.1) is 5.69 Å². The summed E-state index contributed by atoms with van der Waals surface area (Å²) in [6, 6.07) is 8.25. The molecule has 4 rings (SSSR count). The molecule has 0 bridgehead atoms. The van der Waals surface area contributed by atoms with Crippen molar-refractivity contribution in [3.8, 4) is 11.1 Å². The normalized spacial score (nSPS) is 16.3. The molecule has 0 aliphatic heterocycles. The first kappa shape index (κ1) is 16.6. The van der Waals surface area contributed by atoms with Crippen LogP contribution in [-0.2, 0) is 17.6 Å². The first-order chi connectivity index (χ1) is 12.5. The van der Waals surface area contributed by atoms with Gasteiger partial charge in [0.1, 0.15) is 5.82 Å². The third-order valence-corrected chi connectivity index (χ3v) is 5.06. The van der Waals surface area contributed by atoms with E-state index in [0.29, 0.717) is 12.2 Å². The molecule has 6 heteroatoms. The van der Waals surface area contributed by atoms with Gasteiger partial charge >= 0.3 is 0 Å². The van der Waals surface area contributed by atoms with Gasteiger partial charge in [0.15, 0.2) is 5.82 Å². The average molecular weight is 349 g/mol. The molecule has 1 aliphatic carbocycles. The number of nitrogens with zero attached hydrogens (tertiary/aromatic N) is 2. The second-order valence-corrected chi connectivity index (χ2v) is 7.11. The maximum Gasteiger partial charge on any atom is 0.229 e. The smallest absolute Gasteiger partial charge is 0.229 e. The van der Waals surface area contributed by atoms with Gasteiger partial charge in [0.2, 0.25) is 5.91 Å². The lowest BCUT2D eigenvalue weighted by molar-refractivity contribution is -0.120. The van der Waals surface area contributed by atoms with E-state index in [-0.39, 0.29) is 11.8 Å². The molecule has 3 N–H and O–H groups in total. The van der Waals surface area contributed by atoms with Crippen molar-refractivity contribution in [1.29, 1.82) is 0 Å². The van der Waals surface area contributed by atoms with Gasteiger partial charge < -0.3 is 10.3 Å². The summed E-state index contributed by atoms with van der Waals surface area (Å²) in [5.74, 6) is 1.47. The maximum atomic E-state index is 12.8. The number of rotatable bonds is 3. The number of amides is 1. The number of imidazole rings is 1. The van der Waals surface area contributed by atoms with E-state index in [2.05, 4.69) is 56.7 Å². The van der Waals surface area contributed by atoms with Crippen LogP contribution in [0.4, 0.5) is 5.82 Å². The Kier molecular flexibility index (Phi) is 4.11. The fourth-order valence-electron chi connectivity index (χ4n) is 3.66. The molecule has 2 heterocycles. The van der Waals surface area contributed by atoms with E-state index in [1.165, 1.54) is 5.56 Å². The summed E-state index contributed by atoms with van der Waals surface area (Å²) in [6.45, 7) is 5.98. The Bertz CT molecular complexity index is 951. The van der Waals surface area contributed by atoms with Crippen LogP contribution in [0.25, 0.3) is 11.1 Å². The Morgan fingerprint density at radius 3 is 2.73 bits per heavy atom. The van der Waals surface area contributed by atoms with Gasteiger partial charge in [-0.15, -0.1) is 0 Å². The summed E-state index contributed by atoms with van der Waals surface area (Å²) >= 11 is 0. The molecule has 3 aromatic rings. The first-order valence-corrected chi connectivity index (χ1v) is 8.98. The lowest BCUT2D eigenvalue weighted by atomic mass is 9.89. The van der Waals surface area contributed by atoms with Crippen LogP contribution in [0.15, 0.2) is 24.3 Å². The number of aromatic amines is 2. The minimum absolute atomic E-state index is 0.0164. The lowest BCUT2D eigenvalue weighted by Gasteiger charge is -2.20. The van der Waals surface area contributed by atoms with E-state index >= 15 is 0 Å². The number of hydrogen-bond acceptors (Lipinski definition) is 3. The number of hydrogen-bond donors (Lipinski definition) is 3. The Hall–Kier alpha value is -2.89. The molecule has 2 aromatic heterocycles. The zero-order valence-electron chi connectivity index (χ0n) is 15.3. The van der Waals surface area contributed by atoms with E-state index in [1.807, 2.05) is 13.8 Å². The SMILES string of the molecule is Cc1ccc(-c2c(NC(=O)C3CCc4nc(C)[nH]c4C3)n[nH]c2C)cc1. The molecular formula is C20H23N5O. The molecule has 1 aromatic carbocycles. The molecule has 0 radical (unpaired) electrons. The number of anilines is 1. The minimum Gasteiger partial charge on any atom is -0.346 e. The van der Waals surface area contributed by atoms with Crippen LogP contribution in [0.5, 0.6) is 0 Å². The van der Waals surface area contributed by atoms with Crippen LogP contribution in [0.3, 0.4) is 0 Å². The van der Waals surface area contributed by atoms with Gasteiger partial charge in [-0.3, -0.25) is 9.89 Å². The predicted octanol–water partition coefficient (Wildman–Crippen LogP) is 3.47. The van der Waals surface area contributed by atoms with Crippen molar-refractivity contribution >= 4 is 11.7 Å². The molecule has 0 saturated heterocycles. The highest BCUT2D eigenvalue weighted by atomic mass is 16.2. The van der Waals surface area contributed by atoms with E-state index in [9.17, 15) is 4.79 Å².